The van der Waals surface area contributed by atoms with Crippen LogP contribution in [0.5, 0.6) is 0 Å². The molecule has 0 spiro atoms. The van der Waals surface area contributed by atoms with Gasteiger partial charge in [-0.25, -0.2) is 9.69 Å². The fraction of sp³-hybridized carbons (Fsp3) is 0. The van der Waals surface area contributed by atoms with Gasteiger partial charge in [-0.15, -0.1) is 0 Å². The number of nitrogens with zero attached hydrogens (tertiary/aromatic N) is 2. The number of allylic oxidation sites excluding steroid dienone is 2. The smallest absolute Gasteiger partial charge is 0.273 e. The molecule has 6 heteroatoms. The predicted molar refractivity (Wildman–Crippen MR) is 106 cm³/mol. The number of benzene rings is 2. The fourth-order valence-corrected chi connectivity index (χ4v) is 3.00. The largest absolute Gasteiger partial charge is 0.335 e. The first-order chi connectivity index (χ1) is 13.6. The van der Waals surface area contributed by atoms with Crippen molar-refractivity contribution < 1.29 is 14.4 Å². The summed E-state index contributed by atoms with van der Waals surface area (Å²) in [5.74, 6) is -1.40. The number of amides is 4. The van der Waals surface area contributed by atoms with Gasteiger partial charge in [0.15, 0.2) is 0 Å². The van der Waals surface area contributed by atoms with Gasteiger partial charge in [0.2, 0.25) is 0 Å². The van der Waals surface area contributed by atoms with Gasteiger partial charge in [0, 0.05) is 11.6 Å². The fourth-order valence-electron chi connectivity index (χ4n) is 3.00. The van der Waals surface area contributed by atoms with E-state index in [2.05, 4.69) is 10.3 Å². The molecule has 0 atom stereocenters. The minimum atomic E-state index is -0.782. The summed E-state index contributed by atoms with van der Waals surface area (Å²) >= 11 is 0. The van der Waals surface area contributed by atoms with Gasteiger partial charge in [-0.1, -0.05) is 48.6 Å². The average molecular weight is 369 g/mol. The van der Waals surface area contributed by atoms with Crippen molar-refractivity contribution in [1.29, 1.82) is 0 Å². The number of pyridine rings is 1. The van der Waals surface area contributed by atoms with Gasteiger partial charge in [0.25, 0.3) is 11.8 Å². The van der Waals surface area contributed by atoms with Crippen LogP contribution in [0.3, 0.4) is 0 Å². The van der Waals surface area contributed by atoms with Gasteiger partial charge >= 0.3 is 6.03 Å². The molecular weight excluding hydrogens is 354 g/mol. The average Bonchev–Trinajstić information content (AvgIpc) is 2.71. The van der Waals surface area contributed by atoms with Crippen molar-refractivity contribution in [3.63, 3.8) is 0 Å². The molecule has 1 aliphatic heterocycles. The Kier molecular flexibility index (Phi) is 4.51. The molecule has 1 aliphatic rings. The molecule has 4 rings (SSSR count). The first kappa shape index (κ1) is 17.4. The Hall–Kier alpha value is -4.06. The molecule has 28 heavy (non-hydrogen) atoms. The van der Waals surface area contributed by atoms with Crippen molar-refractivity contribution in [2.75, 3.05) is 4.90 Å². The van der Waals surface area contributed by atoms with E-state index in [1.165, 1.54) is 6.08 Å². The monoisotopic (exact) mass is 369 g/mol. The Morgan fingerprint density at radius 1 is 0.893 bits per heavy atom. The molecule has 0 bridgehead atoms. The number of hydrogen-bond donors (Lipinski definition) is 1. The number of carbonyl (C=O) groups is 3. The second kappa shape index (κ2) is 7.28. The molecule has 1 N–H and O–H groups in total. The molecule has 6 nitrogen and oxygen atoms in total. The second-order valence-corrected chi connectivity index (χ2v) is 6.10. The Balaban J connectivity index is 1.72. The minimum Gasteiger partial charge on any atom is -0.273 e. The molecule has 1 saturated heterocycles. The molecule has 4 amide bonds. The van der Waals surface area contributed by atoms with Crippen molar-refractivity contribution in [1.82, 2.24) is 10.3 Å². The first-order valence-corrected chi connectivity index (χ1v) is 8.62. The van der Waals surface area contributed by atoms with E-state index >= 15 is 0 Å². The quantitative estimate of drug-likeness (QED) is 0.566. The van der Waals surface area contributed by atoms with Crippen molar-refractivity contribution in [3.05, 3.63) is 90.1 Å². The molecule has 136 valence electrons. The lowest BCUT2D eigenvalue weighted by Gasteiger charge is -2.27. The van der Waals surface area contributed by atoms with Crippen molar-refractivity contribution in [2.24, 2.45) is 0 Å². The molecule has 1 aromatic heterocycles. The number of imide groups is 2. The van der Waals surface area contributed by atoms with E-state index in [1.54, 1.807) is 48.7 Å². The maximum absolute atomic E-state index is 13.0. The topological polar surface area (TPSA) is 79.4 Å². The van der Waals surface area contributed by atoms with E-state index in [9.17, 15) is 14.4 Å². The predicted octanol–water partition coefficient (Wildman–Crippen LogP) is 3.46. The Morgan fingerprint density at radius 3 is 2.54 bits per heavy atom. The number of urea groups is 1. The van der Waals surface area contributed by atoms with Crippen LogP contribution in [0.1, 0.15) is 5.56 Å². The molecule has 3 aromatic rings. The lowest BCUT2D eigenvalue weighted by atomic mass is 10.1. The highest BCUT2D eigenvalue weighted by atomic mass is 16.2. The Labute approximate surface area is 160 Å². The summed E-state index contributed by atoms with van der Waals surface area (Å²) in [5, 5.41) is 2.87. The van der Waals surface area contributed by atoms with Gasteiger partial charge in [0.05, 0.1) is 11.2 Å². The van der Waals surface area contributed by atoms with Crippen LogP contribution in [0.2, 0.25) is 0 Å². The lowest BCUT2D eigenvalue weighted by Crippen LogP contribution is -2.54. The zero-order valence-electron chi connectivity index (χ0n) is 14.7. The van der Waals surface area contributed by atoms with Crippen LogP contribution >= 0.6 is 0 Å². The summed E-state index contributed by atoms with van der Waals surface area (Å²) in [6.07, 6.45) is 6.43. The number of rotatable bonds is 3. The first-order valence-electron chi connectivity index (χ1n) is 8.62. The zero-order chi connectivity index (χ0) is 19.5. The number of hydrogen-bond acceptors (Lipinski definition) is 4. The van der Waals surface area contributed by atoms with E-state index in [4.69, 9.17) is 0 Å². The van der Waals surface area contributed by atoms with Crippen molar-refractivity contribution in [3.8, 4) is 0 Å². The van der Waals surface area contributed by atoms with Crippen LogP contribution in [0.15, 0.2) is 84.6 Å². The van der Waals surface area contributed by atoms with Crippen LogP contribution < -0.4 is 10.2 Å². The van der Waals surface area contributed by atoms with E-state index < -0.39 is 17.8 Å². The third-order valence-corrected chi connectivity index (χ3v) is 4.32. The number of carbonyl (C=O) groups excluding carboxylic acids is 3. The SMILES string of the molecule is O=C1NC(=O)N(c2cccc3ncccc23)C(=O)C1=CC=Cc1ccccc1. The van der Waals surface area contributed by atoms with Crippen LogP contribution in [-0.4, -0.2) is 22.8 Å². The lowest BCUT2D eigenvalue weighted by molar-refractivity contribution is -0.122. The van der Waals surface area contributed by atoms with Gasteiger partial charge in [-0.2, -0.15) is 0 Å². The molecule has 0 unspecified atom stereocenters. The molecule has 0 radical (unpaired) electrons. The molecule has 2 heterocycles. The van der Waals surface area contributed by atoms with E-state index in [0.717, 1.165) is 10.5 Å². The third-order valence-electron chi connectivity index (χ3n) is 4.32. The van der Waals surface area contributed by atoms with E-state index in [0.29, 0.717) is 16.6 Å². The standard InChI is InChI=1S/C22H15N3O3/c26-20-17(10-4-9-15-7-2-1-3-8-15)21(27)25(22(28)24-20)19-13-5-12-18-16(19)11-6-14-23-18/h1-14H,(H,24,26,28). The maximum atomic E-state index is 13.0. The summed E-state index contributed by atoms with van der Waals surface area (Å²) in [5.41, 5.74) is 1.83. The maximum Gasteiger partial charge on any atom is 0.335 e. The van der Waals surface area contributed by atoms with Gasteiger partial charge in [-0.05, 0) is 35.9 Å². The molecule has 2 aromatic carbocycles. The Morgan fingerprint density at radius 2 is 1.71 bits per heavy atom. The van der Waals surface area contributed by atoms with Gasteiger partial charge < -0.3 is 0 Å². The highest BCUT2D eigenvalue weighted by molar-refractivity contribution is 6.38. The summed E-state index contributed by atoms with van der Waals surface area (Å²) in [7, 11) is 0. The second-order valence-electron chi connectivity index (χ2n) is 6.10. The van der Waals surface area contributed by atoms with Crippen LogP contribution in [-0.2, 0) is 9.59 Å². The summed E-state index contributed by atoms with van der Waals surface area (Å²) in [6, 6.07) is 17.3. The van der Waals surface area contributed by atoms with E-state index in [1.807, 2.05) is 30.3 Å². The minimum absolute atomic E-state index is 0.118. The third kappa shape index (κ3) is 3.19. The van der Waals surface area contributed by atoms with Gasteiger partial charge in [-0.3, -0.25) is 19.9 Å². The molecule has 1 fully saturated rings. The zero-order valence-corrected chi connectivity index (χ0v) is 14.7. The Bertz CT molecular complexity index is 1140. The molecular formula is C22H15N3O3. The number of aromatic nitrogens is 1. The summed E-state index contributed by atoms with van der Waals surface area (Å²) < 4.78 is 0. The van der Waals surface area contributed by atoms with Gasteiger partial charge in [0.1, 0.15) is 5.57 Å². The number of fused-ring (bicyclic) bond motifs is 1. The van der Waals surface area contributed by atoms with Crippen molar-refractivity contribution in [2.45, 2.75) is 0 Å². The van der Waals surface area contributed by atoms with Crippen LogP contribution in [0, 0.1) is 0 Å². The number of nitrogens with one attached hydrogen (secondary N) is 1. The number of barbiturate groups is 1. The molecule has 0 aliphatic carbocycles. The summed E-state index contributed by atoms with van der Waals surface area (Å²) in [6.45, 7) is 0. The van der Waals surface area contributed by atoms with Crippen molar-refractivity contribution >= 4 is 40.5 Å². The molecule has 0 saturated carbocycles. The van der Waals surface area contributed by atoms with E-state index in [-0.39, 0.29) is 5.57 Å². The van der Waals surface area contributed by atoms with Crippen LogP contribution in [0.25, 0.3) is 17.0 Å². The normalized spacial score (nSPS) is 16.2. The highest BCUT2D eigenvalue weighted by Gasteiger charge is 2.37. The number of anilines is 1. The summed E-state index contributed by atoms with van der Waals surface area (Å²) in [4.78, 5) is 42.8. The van der Waals surface area contributed by atoms with Crippen LogP contribution in [0.4, 0.5) is 10.5 Å². The highest BCUT2D eigenvalue weighted by Crippen LogP contribution is 2.28.